The summed E-state index contributed by atoms with van der Waals surface area (Å²) < 4.78 is 41.7. The van der Waals surface area contributed by atoms with Crippen molar-refractivity contribution in [2.24, 2.45) is 5.14 Å². The van der Waals surface area contributed by atoms with Gasteiger partial charge in [0.2, 0.25) is 10.0 Å². The Morgan fingerprint density at radius 2 is 1.87 bits per heavy atom. The SMILES string of the molecule is CC(OC(=O)c1cc2cc(F)ccc2s1)C(=O)NCCc1ccc(S(N)(=O)=O)cc1. The number of carbonyl (C=O) groups excluding carboxylic acids is 2. The largest absolute Gasteiger partial charge is 0.448 e. The van der Waals surface area contributed by atoms with Crippen LogP contribution in [0.25, 0.3) is 10.1 Å². The molecule has 1 amide bonds. The van der Waals surface area contributed by atoms with E-state index in [1.165, 1.54) is 37.3 Å². The van der Waals surface area contributed by atoms with Gasteiger partial charge in [-0.3, -0.25) is 4.79 Å². The van der Waals surface area contributed by atoms with E-state index < -0.39 is 33.8 Å². The summed E-state index contributed by atoms with van der Waals surface area (Å²) in [5, 5.41) is 8.30. The van der Waals surface area contributed by atoms with Gasteiger partial charge in [0, 0.05) is 11.2 Å². The molecule has 0 aliphatic rings. The second-order valence-corrected chi connectivity index (χ2v) is 9.22. The van der Waals surface area contributed by atoms with Crippen LogP contribution in [0.15, 0.2) is 53.4 Å². The topological polar surface area (TPSA) is 116 Å². The summed E-state index contributed by atoms with van der Waals surface area (Å²) in [5.41, 5.74) is 0.810. The number of sulfonamides is 1. The van der Waals surface area contributed by atoms with E-state index in [0.29, 0.717) is 11.8 Å². The molecule has 0 spiro atoms. The van der Waals surface area contributed by atoms with Crippen LogP contribution in [0.4, 0.5) is 4.39 Å². The number of carbonyl (C=O) groups is 2. The fourth-order valence-corrected chi connectivity index (χ4v) is 4.15. The van der Waals surface area contributed by atoms with Crippen LogP contribution in [0, 0.1) is 5.82 Å². The van der Waals surface area contributed by atoms with Crippen LogP contribution in [-0.4, -0.2) is 32.9 Å². The number of benzene rings is 2. The summed E-state index contributed by atoms with van der Waals surface area (Å²) in [5.74, 6) is -1.51. The first-order chi connectivity index (χ1) is 14.1. The van der Waals surface area contributed by atoms with Crippen molar-refractivity contribution in [3.8, 4) is 0 Å². The van der Waals surface area contributed by atoms with Gasteiger partial charge in [0.05, 0.1) is 4.90 Å². The molecule has 7 nitrogen and oxygen atoms in total. The summed E-state index contributed by atoms with van der Waals surface area (Å²) in [6, 6.07) is 11.8. The minimum atomic E-state index is -3.75. The molecule has 1 aromatic heterocycles. The highest BCUT2D eigenvalue weighted by molar-refractivity contribution is 7.89. The molecule has 0 saturated carbocycles. The third-order valence-electron chi connectivity index (χ3n) is 4.30. The number of ether oxygens (including phenoxy) is 1. The van der Waals surface area contributed by atoms with E-state index in [4.69, 9.17) is 9.88 Å². The van der Waals surface area contributed by atoms with Crippen molar-refractivity contribution in [2.75, 3.05) is 6.54 Å². The van der Waals surface area contributed by atoms with E-state index in [2.05, 4.69) is 5.32 Å². The zero-order valence-electron chi connectivity index (χ0n) is 15.9. The lowest BCUT2D eigenvalue weighted by Gasteiger charge is -2.13. The smallest absolute Gasteiger partial charge is 0.349 e. The van der Waals surface area contributed by atoms with E-state index >= 15 is 0 Å². The summed E-state index contributed by atoms with van der Waals surface area (Å²) >= 11 is 1.16. The Kier molecular flexibility index (Phi) is 6.49. The Labute approximate surface area is 176 Å². The van der Waals surface area contributed by atoms with E-state index in [-0.39, 0.29) is 16.3 Å². The standard InChI is InChI=1S/C20H19FN2O5S2/c1-12(28-20(25)18-11-14-10-15(21)4-7-17(14)29-18)19(24)23-9-8-13-2-5-16(6-3-13)30(22,26)27/h2-7,10-12H,8-9H2,1H3,(H,23,24)(H2,22,26,27). The van der Waals surface area contributed by atoms with Crippen LogP contribution >= 0.6 is 11.3 Å². The van der Waals surface area contributed by atoms with Gasteiger partial charge in [0.15, 0.2) is 6.10 Å². The maximum Gasteiger partial charge on any atom is 0.349 e. The van der Waals surface area contributed by atoms with Gasteiger partial charge < -0.3 is 10.1 Å². The van der Waals surface area contributed by atoms with Crippen LogP contribution in [0.2, 0.25) is 0 Å². The molecular weight excluding hydrogens is 431 g/mol. The highest BCUT2D eigenvalue weighted by Gasteiger charge is 2.20. The molecule has 3 rings (SSSR count). The van der Waals surface area contributed by atoms with Gasteiger partial charge in [-0.25, -0.2) is 22.7 Å². The zero-order valence-corrected chi connectivity index (χ0v) is 17.6. The number of thiophene rings is 1. The molecule has 10 heteroatoms. The number of nitrogens with one attached hydrogen (secondary N) is 1. The van der Waals surface area contributed by atoms with E-state index in [1.807, 2.05) is 0 Å². The van der Waals surface area contributed by atoms with Gasteiger partial charge in [0.1, 0.15) is 10.7 Å². The number of nitrogens with two attached hydrogens (primary N) is 1. The highest BCUT2D eigenvalue weighted by atomic mass is 32.2. The van der Waals surface area contributed by atoms with Crippen LogP contribution in [0.5, 0.6) is 0 Å². The Bertz CT molecular complexity index is 1190. The van der Waals surface area contributed by atoms with Crippen molar-refractivity contribution in [2.45, 2.75) is 24.3 Å². The lowest BCUT2D eigenvalue weighted by Crippen LogP contribution is -2.36. The number of primary sulfonamides is 1. The molecular formula is C20H19FN2O5S2. The Hall–Kier alpha value is -2.82. The fourth-order valence-electron chi connectivity index (χ4n) is 2.71. The molecule has 158 valence electrons. The first kappa shape index (κ1) is 21.9. The van der Waals surface area contributed by atoms with E-state index in [1.54, 1.807) is 18.2 Å². The molecule has 0 saturated heterocycles. The van der Waals surface area contributed by atoms with Gasteiger partial charge >= 0.3 is 5.97 Å². The summed E-state index contributed by atoms with van der Waals surface area (Å²) in [7, 11) is -3.75. The Morgan fingerprint density at radius 3 is 2.53 bits per heavy atom. The molecule has 1 unspecified atom stereocenters. The predicted octanol–water partition coefficient (Wildman–Crippen LogP) is 2.59. The van der Waals surface area contributed by atoms with Crippen molar-refractivity contribution < 1.29 is 27.1 Å². The molecule has 2 aromatic carbocycles. The fraction of sp³-hybridized carbons (Fsp3) is 0.200. The first-order valence-electron chi connectivity index (χ1n) is 8.93. The summed E-state index contributed by atoms with van der Waals surface area (Å²) in [4.78, 5) is 24.7. The zero-order chi connectivity index (χ0) is 21.9. The molecule has 0 fully saturated rings. The Balaban J connectivity index is 1.50. The quantitative estimate of drug-likeness (QED) is 0.537. The minimum Gasteiger partial charge on any atom is -0.448 e. The Morgan fingerprint density at radius 1 is 1.17 bits per heavy atom. The van der Waals surface area contributed by atoms with E-state index in [0.717, 1.165) is 21.6 Å². The number of hydrogen-bond acceptors (Lipinski definition) is 6. The molecule has 0 aliphatic carbocycles. The van der Waals surface area contributed by atoms with Crippen molar-refractivity contribution in [3.05, 3.63) is 64.8 Å². The third kappa shape index (κ3) is 5.41. The lowest BCUT2D eigenvalue weighted by atomic mass is 10.1. The van der Waals surface area contributed by atoms with Gasteiger partial charge in [-0.2, -0.15) is 0 Å². The molecule has 3 N–H and O–H groups in total. The van der Waals surface area contributed by atoms with Gasteiger partial charge in [-0.15, -0.1) is 11.3 Å². The molecule has 1 atom stereocenters. The molecule has 0 radical (unpaired) electrons. The summed E-state index contributed by atoms with van der Waals surface area (Å²) in [6.07, 6.45) is -0.552. The van der Waals surface area contributed by atoms with Crippen LogP contribution in [0.1, 0.15) is 22.2 Å². The lowest BCUT2D eigenvalue weighted by molar-refractivity contribution is -0.129. The number of amides is 1. The average molecular weight is 451 g/mol. The molecule has 1 heterocycles. The normalized spacial score (nSPS) is 12.5. The third-order valence-corrected chi connectivity index (χ3v) is 6.32. The number of rotatable bonds is 7. The highest BCUT2D eigenvalue weighted by Crippen LogP contribution is 2.27. The molecule has 0 bridgehead atoms. The van der Waals surface area contributed by atoms with Crippen LogP contribution in [0.3, 0.4) is 0 Å². The van der Waals surface area contributed by atoms with Gasteiger partial charge in [-0.05, 0) is 60.7 Å². The minimum absolute atomic E-state index is 0.0137. The van der Waals surface area contributed by atoms with Crippen LogP contribution in [-0.2, 0) is 26.0 Å². The maximum atomic E-state index is 13.3. The molecule has 0 aliphatic heterocycles. The second-order valence-electron chi connectivity index (χ2n) is 6.57. The van der Waals surface area contributed by atoms with Gasteiger partial charge in [0.25, 0.3) is 5.91 Å². The van der Waals surface area contributed by atoms with Crippen molar-refractivity contribution in [3.63, 3.8) is 0 Å². The number of esters is 1. The first-order valence-corrected chi connectivity index (χ1v) is 11.3. The monoisotopic (exact) mass is 450 g/mol. The molecule has 30 heavy (non-hydrogen) atoms. The second kappa shape index (κ2) is 8.90. The van der Waals surface area contributed by atoms with Crippen molar-refractivity contribution >= 4 is 43.3 Å². The van der Waals surface area contributed by atoms with E-state index in [9.17, 15) is 22.4 Å². The number of hydrogen-bond donors (Lipinski definition) is 2. The van der Waals surface area contributed by atoms with Gasteiger partial charge in [-0.1, -0.05) is 12.1 Å². The predicted molar refractivity (Wildman–Crippen MR) is 111 cm³/mol. The number of halogens is 1. The van der Waals surface area contributed by atoms with Crippen molar-refractivity contribution in [1.82, 2.24) is 5.32 Å². The molecule has 3 aromatic rings. The maximum absolute atomic E-state index is 13.3. The van der Waals surface area contributed by atoms with Crippen molar-refractivity contribution in [1.29, 1.82) is 0 Å². The summed E-state index contributed by atoms with van der Waals surface area (Å²) in [6.45, 7) is 1.73. The number of fused-ring (bicyclic) bond motifs is 1. The average Bonchev–Trinajstić information content (AvgIpc) is 3.11. The van der Waals surface area contributed by atoms with Crippen LogP contribution < -0.4 is 10.5 Å².